The van der Waals surface area contributed by atoms with E-state index in [0.29, 0.717) is 11.3 Å². The van der Waals surface area contributed by atoms with Crippen molar-refractivity contribution in [2.24, 2.45) is 0 Å². The Morgan fingerprint density at radius 2 is 1.67 bits per heavy atom. The maximum Gasteiger partial charge on any atom is 0.251 e. The molecule has 146 valence electrons. The number of amides is 1. The summed E-state index contributed by atoms with van der Waals surface area (Å²) in [6.07, 6.45) is 1.06. The van der Waals surface area contributed by atoms with Crippen molar-refractivity contribution >= 4 is 31.5 Å². The van der Waals surface area contributed by atoms with Crippen LogP contribution in [0.4, 0.5) is 5.69 Å². The van der Waals surface area contributed by atoms with E-state index >= 15 is 0 Å². The Hall–Kier alpha value is -2.39. The average Bonchev–Trinajstić information content (AvgIpc) is 2.60. The highest BCUT2D eigenvalue weighted by Gasteiger charge is 2.15. The highest BCUT2D eigenvalue weighted by molar-refractivity contribution is 7.92. The van der Waals surface area contributed by atoms with E-state index < -0.39 is 19.9 Å². The van der Waals surface area contributed by atoms with E-state index in [0.717, 1.165) is 11.8 Å². The van der Waals surface area contributed by atoms with Crippen LogP contribution in [0.1, 0.15) is 35.8 Å². The number of hydrogen-bond acceptors (Lipinski definition) is 5. The third-order valence-corrected chi connectivity index (χ3v) is 6.25. The van der Waals surface area contributed by atoms with Crippen LogP contribution < -0.4 is 10.0 Å². The molecule has 0 fully saturated rings. The number of sulfonamides is 1. The van der Waals surface area contributed by atoms with E-state index in [-0.39, 0.29) is 22.6 Å². The predicted octanol–water partition coefficient (Wildman–Crippen LogP) is 2.34. The monoisotopic (exact) mass is 410 g/mol. The van der Waals surface area contributed by atoms with Crippen LogP contribution in [-0.4, -0.2) is 34.8 Å². The largest absolute Gasteiger partial charge is 0.346 e. The van der Waals surface area contributed by atoms with Crippen LogP contribution in [-0.2, 0) is 19.9 Å². The zero-order valence-electron chi connectivity index (χ0n) is 15.3. The van der Waals surface area contributed by atoms with Crippen molar-refractivity contribution in [1.29, 1.82) is 0 Å². The number of sulfone groups is 1. The van der Waals surface area contributed by atoms with Gasteiger partial charge in [-0.15, -0.1) is 0 Å². The fraction of sp³-hybridized carbons (Fsp3) is 0.278. The predicted molar refractivity (Wildman–Crippen MR) is 105 cm³/mol. The minimum atomic E-state index is -3.39. The summed E-state index contributed by atoms with van der Waals surface area (Å²) in [5.41, 5.74) is 1.47. The van der Waals surface area contributed by atoms with Crippen molar-refractivity contribution in [3.63, 3.8) is 0 Å². The molecule has 27 heavy (non-hydrogen) atoms. The molecule has 0 aromatic heterocycles. The maximum atomic E-state index is 12.4. The van der Waals surface area contributed by atoms with Gasteiger partial charge in [0.25, 0.3) is 5.91 Å². The second-order valence-corrected chi connectivity index (χ2v) is 10.1. The van der Waals surface area contributed by atoms with Crippen molar-refractivity contribution in [3.8, 4) is 0 Å². The Labute approximate surface area is 159 Å². The third kappa shape index (κ3) is 5.80. The molecule has 2 aromatic carbocycles. The molecule has 2 N–H and O–H groups in total. The minimum Gasteiger partial charge on any atom is -0.346 e. The molecule has 9 heteroatoms. The first-order valence-corrected chi connectivity index (χ1v) is 11.8. The van der Waals surface area contributed by atoms with Crippen molar-refractivity contribution in [3.05, 3.63) is 59.7 Å². The van der Waals surface area contributed by atoms with Crippen LogP contribution in [0, 0.1) is 0 Å². The molecule has 0 aliphatic heterocycles. The zero-order chi connectivity index (χ0) is 20.2. The van der Waals surface area contributed by atoms with Gasteiger partial charge in [-0.2, -0.15) is 0 Å². The number of benzene rings is 2. The summed E-state index contributed by atoms with van der Waals surface area (Å²) in [4.78, 5) is 12.6. The summed E-state index contributed by atoms with van der Waals surface area (Å²) in [5.74, 6) is -0.364. The minimum absolute atomic E-state index is 0.00651. The molecule has 0 heterocycles. The third-order valence-electron chi connectivity index (χ3n) is 3.89. The molecule has 0 saturated heterocycles. The molecule has 7 nitrogen and oxygen atoms in total. The second kappa shape index (κ2) is 8.10. The second-order valence-electron chi connectivity index (χ2n) is 6.12. The van der Waals surface area contributed by atoms with Crippen LogP contribution in [0.15, 0.2) is 53.4 Å². The van der Waals surface area contributed by atoms with Gasteiger partial charge in [-0.25, -0.2) is 16.8 Å². The molecule has 0 spiro atoms. The van der Waals surface area contributed by atoms with Crippen LogP contribution in [0.25, 0.3) is 0 Å². The van der Waals surface area contributed by atoms with Crippen LogP contribution in [0.5, 0.6) is 0 Å². The maximum absolute atomic E-state index is 12.4. The average molecular weight is 411 g/mol. The normalized spacial score (nSPS) is 13.0. The lowest BCUT2D eigenvalue weighted by Gasteiger charge is -2.16. The molecular formula is C18H22N2O5S2. The molecule has 1 atom stereocenters. The van der Waals surface area contributed by atoms with E-state index in [1.54, 1.807) is 38.1 Å². The van der Waals surface area contributed by atoms with Gasteiger partial charge < -0.3 is 5.32 Å². The fourth-order valence-electron chi connectivity index (χ4n) is 2.43. The molecule has 0 aliphatic carbocycles. The number of carbonyl (C=O) groups is 1. The summed E-state index contributed by atoms with van der Waals surface area (Å²) in [5, 5.41) is 2.81. The lowest BCUT2D eigenvalue weighted by molar-refractivity contribution is 0.0939. The molecule has 0 bridgehead atoms. The van der Waals surface area contributed by atoms with Crippen LogP contribution in [0.3, 0.4) is 0 Å². The number of nitrogens with one attached hydrogen (secondary N) is 2. The summed E-state index contributed by atoms with van der Waals surface area (Å²) < 4.78 is 48.7. The highest BCUT2D eigenvalue weighted by Crippen LogP contribution is 2.19. The van der Waals surface area contributed by atoms with E-state index in [2.05, 4.69) is 10.0 Å². The standard InChI is InChI=1S/C18H22N2O5S2/c1-4-27(24,25)17-10-8-14(9-11-17)18(21)19-13(2)15-6-5-7-16(12-15)20-26(3,22)23/h5-13,20H,4H2,1-3H3,(H,19,21). The summed E-state index contributed by atoms with van der Waals surface area (Å²) in [6.45, 7) is 3.33. The van der Waals surface area contributed by atoms with Gasteiger partial charge in [0.1, 0.15) is 0 Å². The summed E-state index contributed by atoms with van der Waals surface area (Å²) in [7, 11) is -6.70. The van der Waals surface area contributed by atoms with Gasteiger partial charge >= 0.3 is 0 Å². The fourth-order valence-corrected chi connectivity index (χ4v) is 3.87. The number of rotatable bonds is 7. The first kappa shape index (κ1) is 20.9. The highest BCUT2D eigenvalue weighted by atomic mass is 32.2. The molecule has 2 rings (SSSR count). The van der Waals surface area contributed by atoms with Crippen molar-refractivity contribution in [2.45, 2.75) is 24.8 Å². The van der Waals surface area contributed by atoms with Gasteiger partial charge in [-0.1, -0.05) is 19.1 Å². The Kier molecular flexibility index (Phi) is 6.27. The molecule has 0 aliphatic rings. The van der Waals surface area contributed by atoms with E-state index in [9.17, 15) is 21.6 Å². The number of hydrogen-bond donors (Lipinski definition) is 2. The van der Waals surface area contributed by atoms with Crippen molar-refractivity contribution in [2.75, 3.05) is 16.7 Å². The Morgan fingerprint density at radius 1 is 1.04 bits per heavy atom. The number of anilines is 1. The lowest BCUT2D eigenvalue weighted by atomic mass is 10.1. The molecule has 1 unspecified atom stereocenters. The van der Waals surface area contributed by atoms with Gasteiger partial charge in [-0.3, -0.25) is 9.52 Å². The van der Waals surface area contributed by atoms with E-state index in [1.165, 1.54) is 24.3 Å². The number of carbonyl (C=O) groups excluding carboxylic acids is 1. The van der Waals surface area contributed by atoms with Crippen molar-refractivity contribution < 1.29 is 21.6 Å². The first-order chi connectivity index (χ1) is 12.5. The Morgan fingerprint density at radius 3 is 2.22 bits per heavy atom. The molecule has 1 amide bonds. The molecule has 2 aromatic rings. The SMILES string of the molecule is CCS(=O)(=O)c1ccc(C(=O)NC(C)c2cccc(NS(C)(=O)=O)c2)cc1. The van der Waals surface area contributed by atoms with Crippen LogP contribution >= 0.6 is 0 Å². The quantitative estimate of drug-likeness (QED) is 0.728. The Bertz CT molecular complexity index is 1030. The van der Waals surface area contributed by atoms with Gasteiger partial charge in [0.05, 0.1) is 22.9 Å². The molecule has 0 radical (unpaired) electrons. The smallest absolute Gasteiger partial charge is 0.251 e. The lowest BCUT2D eigenvalue weighted by Crippen LogP contribution is -2.26. The van der Waals surface area contributed by atoms with E-state index in [4.69, 9.17) is 0 Å². The molecule has 0 saturated carbocycles. The zero-order valence-corrected chi connectivity index (χ0v) is 16.9. The summed E-state index contributed by atoms with van der Waals surface area (Å²) in [6, 6.07) is 12.1. The van der Waals surface area contributed by atoms with Gasteiger partial charge in [-0.05, 0) is 48.9 Å². The van der Waals surface area contributed by atoms with Gasteiger partial charge in [0, 0.05) is 11.3 Å². The van der Waals surface area contributed by atoms with Crippen LogP contribution in [0.2, 0.25) is 0 Å². The topological polar surface area (TPSA) is 109 Å². The summed E-state index contributed by atoms with van der Waals surface area (Å²) >= 11 is 0. The van der Waals surface area contributed by atoms with Gasteiger partial charge in [0.2, 0.25) is 10.0 Å². The van der Waals surface area contributed by atoms with Crippen molar-refractivity contribution in [1.82, 2.24) is 5.32 Å². The molecular weight excluding hydrogens is 388 g/mol. The van der Waals surface area contributed by atoms with Gasteiger partial charge in [0.15, 0.2) is 9.84 Å². The Balaban J connectivity index is 2.13. The first-order valence-electron chi connectivity index (χ1n) is 8.23. The van der Waals surface area contributed by atoms with E-state index in [1.807, 2.05) is 0 Å².